The van der Waals surface area contributed by atoms with E-state index in [1.165, 1.54) is 48.6 Å². The van der Waals surface area contributed by atoms with Gasteiger partial charge in [-0.25, -0.2) is 0 Å². The number of piperidine rings is 1. The molecule has 1 N–H and O–H groups in total. The van der Waals surface area contributed by atoms with Gasteiger partial charge in [0.05, 0.1) is 11.8 Å². The molecule has 2 aromatic carbocycles. The first-order valence-electron chi connectivity index (χ1n) is 12.0. The predicted octanol–water partition coefficient (Wildman–Crippen LogP) is 4.86. The molecule has 1 fully saturated rings. The van der Waals surface area contributed by atoms with Crippen LogP contribution in [0.2, 0.25) is 0 Å². The lowest BCUT2D eigenvalue weighted by molar-refractivity contribution is -0.115. The first-order chi connectivity index (χ1) is 16.2. The van der Waals surface area contributed by atoms with Crippen LogP contribution in [0.4, 0.5) is 5.69 Å². The molecule has 1 aromatic heterocycles. The Morgan fingerprint density at radius 2 is 1.79 bits per heavy atom. The van der Waals surface area contributed by atoms with E-state index in [0.717, 1.165) is 54.8 Å². The fraction of sp³-hybridized carbons (Fsp3) is 0.423. The molecule has 1 aliphatic heterocycles. The van der Waals surface area contributed by atoms with Crippen molar-refractivity contribution in [2.75, 3.05) is 18.4 Å². The molecule has 1 unspecified atom stereocenters. The molecule has 6 nitrogen and oxygen atoms in total. The summed E-state index contributed by atoms with van der Waals surface area (Å²) in [6.45, 7) is 4.91. The van der Waals surface area contributed by atoms with Crippen LogP contribution in [0.3, 0.4) is 0 Å². The summed E-state index contributed by atoms with van der Waals surface area (Å²) < 4.78 is 2.11. The number of benzene rings is 2. The van der Waals surface area contributed by atoms with Gasteiger partial charge < -0.3 is 5.32 Å². The highest BCUT2D eigenvalue weighted by Crippen LogP contribution is 2.29. The van der Waals surface area contributed by atoms with Crippen LogP contribution < -0.4 is 5.32 Å². The van der Waals surface area contributed by atoms with Gasteiger partial charge in [0.15, 0.2) is 11.0 Å². The first-order valence-corrected chi connectivity index (χ1v) is 12.9. The number of likely N-dealkylation sites (tertiary alicyclic amines) is 1. The number of anilines is 1. The quantitative estimate of drug-likeness (QED) is 0.509. The van der Waals surface area contributed by atoms with Gasteiger partial charge in [-0.15, -0.1) is 10.2 Å². The maximum Gasteiger partial charge on any atom is 0.237 e. The van der Waals surface area contributed by atoms with Crippen LogP contribution in [0, 0.1) is 0 Å². The molecule has 7 heteroatoms. The Kier molecular flexibility index (Phi) is 6.78. The van der Waals surface area contributed by atoms with Gasteiger partial charge in [0.2, 0.25) is 5.91 Å². The van der Waals surface area contributed by atoms with E-state index in [9.17, 15) is 4.79 Å². The van der Waals surface area contributed by atoms with E-state index in [-0.39, 0.29) is 11.2 Å². The Labute approximate surface area is 199 Å². The van der Waals surface area contributed by atoms with Crippen molar-refractivity contribution in [1.29, 1.82) is 0 Å². The number of carbonyl (C=O) groups excluding carboxylic acids is 1. The minimum atomic E-state index is -0.298. The van der Waals surface area contributed by atoms with Crippen LogP contribution in [0.1, 0.15) is 49.6 Å². The minimum Gasteiger partial charge on any atom is -0.325 e. The predicted molar refractivity (Wildman–Crippen MR) is 133 cm³/mol. The number of para-hydroxylation sites is 1. The summed E-state index contributed by atoms with van der Waals surface area (Å²) in [6, 6.07) is 16.5. The van der Waals surface area contributed by atoms with Crippen LogP contribution in [-0.2, 0) is 24.2 Å². The summed E-state index contributed by atoms with van der Waals surface area (Å²) in [4.78, 5) is 15.4. The molecule has 5 rings (SSSR count). The molecule has 2 aliphatic rings. The molecular weight excluding hydrogens is 430 g/mol. The zero-order valence-electron chi connectivity index (χ0n) is 19.2. The van der Waals surface area contributed by atoms with Crippen LogP contribution in [-0.4, -0.2) is 43.9 Å². The summed E-state index contributed by atoms with van der Waals surface area (Å²) in [5.41, 5.74) is 4.68. The number of aromatic nitrogens is 3. The number of aryl methyl sites for hydroxylation is 2. The molecule has 3 aromatic rings. The second-order valence-corrected chi connectivity index (χ2v) is 10.3. The standard InChI is InChI=1S/C26H31N5OS/c1-19(25(32)27-22-14-13-20-9-8-10-21(20)17-22)33-26-29-28-24(18-30-15-6-3-7-16-30)31(26)23-11-4-2-5-12-23/h2,4-5,11-14,17,19H,3,6-10,15-16,18H2,1H3,(H,27,32). The Bertz CT molecular complexity index is 1110. The van der Waals surface area contributed by atoms with Gasteiger partial charge in [0.1, 0.15) is 0 Å². The highest BCUT2D eigenvalue weighted by Gasteiger charge is 2.23. The van der Waals surface area contributed by atoms with Crippen molar-refractivity contribution in [3.05, 3.63) is 65.5 Å². The van der Waals surface area contributed by atoms with Crippen LogP contribution in [0.15, 0.2) is 53.7 Å². The van der Waals surface area contributed by atoms with E-state index in [2.05, 4.69) is 49.2 Å². The molecule has 0 saturated carbocycles. The third kappa shape index (κ3) is 5.14. The van der Waals surface area contributed by atoms with Crippen molar-refractivity contribution < 1.29 is 4.79 Å². The number of hydrogen-bond donors (Lipinski definition) is 1. The largest absolute Gasteiger partial charge is 0.325 e. The van der Waals surface area contributed by atoms with E-state index in [1.54, 1.807) is 0 Å². The van der Waals surface area contributed by atoms with Crippen molar-refractivity contribution in [1.82, 2.24) is 19.7 Å². The van der Waals surface area contributed by atoms with E-state index >= 15 is 0 Å². The van der Waals surface area contributed by atoms with Crippen molar-refractivity contribution in [2.24, 2.45) is 0 Å². The number of hydrogen-bond acceptors (Lipinski definition) is 5. The lowest BCUT2D eigenvalue weighted by Crippen LogP contribution is -2.30. The van der Waals surface area contributed by atoms with E-state index in [1.807, 2.05) is 31.2 Å². The molecule has 1 saturated heterocycles. The van der Waals surface area contributed by atoms with E-state index in [4.69, 9.17) is 0 Å². The normalized spacial score (nSPS) is 17.0. The van der Waals surface area contributed by atoms with Gasteiger partial charge in [-0.1, -0.05) is 42.4 Å². The van der Waals surface area contributed by atoms with Crippen LogP contribution in [0.25, 0.3) is 5.69 Å². The molecule has 0 radical (unpaired) electrons. The number of rotatable bonds is 7. The number of carbonyl (C=O) groups is 1. The zero-order chi connectivity index (χ0) is 22.6. The van der Waals surface area contributed by atoms with Gasteiger partial charge in [0.25, 0.3) is 0 Å². The average Bonchev–Trinajstić information content (AvgIpc) is 3.47. The summed E-state index contributed by atoms with van der Waals surface area (Å²) in [7, 11) is 0. The van der Waals surface area contributed by atoms with Crippen molar-refractivity contribution >= 4 is 23.4 Å². The molecule has 1 aliphatic carbocycles. The Morgan fingerprint density at radius 3 is 2.61 bits per heavy atom. The number of amides is 1. The lowest BCUT2D eigenvalue weighted by atomic mass is 10.1. The first kappa shape index (κ1) is 22.2. The van der Waals surface area contributed by atoms with Crippen molar-refractivity contribution in [3.63, 3.8) is 0 Å². The number of fused-ring (bicyclic) bond motifs is 1. The molecular formula is C26H31N5OS. The highest BCUT2D eigenvalue weighted by atomic mass is 32.2. The van der Waals surface area contributed by atoms with Gasteiger partial charge >= 0.3 is 0 Å². The second-order valence-electron chi connectivity index (χ2n) is 8.99. The molecule has 0 spiro atoms. The van der Waals surface area contributed by atoms with Gasteiger partial charge in [-0.2, -0.15) is 0 Å². The number of nitrogens with zero attached hydrogens (tertiary/aromatic N) is 4. The van der Waals surface area contributed by atoms with Crippen LogP contribution in [0.5, 0.6) is 0 Å². The van der Waals surface area contributed by atoms with Crippen LogP contribution >= 0.6 is 11.8 Å². The molecule has 1 amide bonds. The van der Waals surface area contributed by atoms with E-state index in [0.29, 0.717) is 0 Å². The molecule has 0 bridgehead atoms. The number of nitrogens with one attached hydrogen (secondary N) is 1. The summed E-state index contributed by atoms with van der Waals surface area (Å²) in [6.07, 6.45) is 7.23. The molecule has 1 atom stereocenters. The summed E-state index contributed by atoms with van der Waals surface area (Å²) in [5, 5.41) is 12.6. The third-order valence-electron chi connectivity index (χ3n) is 6.55. The monoisotopic (exact) mass is 461 g/mol. The summed E-state index contributed by atoms with van der Waals surface area (Å²) >= 11 is 1.46. The van der Waals surface area contributed by atoms with Crippen molar-refractivity contribution in [3.8, 4) is 5.69 Å². The average molecular weight is 462 g/mol. The fourth-order valence-corrected chi connectivity index (χ4v) is 5.62. The van der Waals surface area contributed by atoms with Gasteiger partial charge in [-0.3, -0.25) is 14.3 Å². The SMILES string of the molecule is CC(Sc1nnc(CN2CCCCC2)n1-c1ccccc1)C(=O)Nc1ccc2c(c1)CCC2. The third-order valence-corrected chi connectivity index (χ3v) is 7.59. The second kappa shape index (κ2) is 10.1. The lowest BCUT2D eigenvalue weighted by Gasteiger charge is -2.26. The van der Waals surface area contributed by atoms with Gasteiger partial charge in [-0.05, 0) is 87.5 Å². The highest BCUT2D eigenvalue weighted by molar-refractivity contribution is 8.00. The Hall–Kier alpha value is -2.64. The molecule has 2 heterocycles. The van der Waals surface area contributed by atoms with Crippen molar-refractivity contribution in [2.45, 2.75) is 62.4 Å². The maximum atomic E-state index is 13.0. The van der Waals surface area contributed by atoms with Gasteiger partial charge in [0, 0.05) is 11.4 Å². The Morgan fingerprint density at radius 1 is 1.00 bits per heavy atom. The minimum absolute atomic E-state index is 0.0156. The molecule has 172 valence electrons. The number of thioether (sulfide) groups is 1. The fourth-order valence-electron chi connectivity index (χ4n) is 4.74. The summed E-state index contributed by atoms with van der Waals surface area (Å²) in [5.74, 6) is 0.912. The smallest absolute Gasteiger partial charge is 0.237 e. The maximum absolute atomic E-state index is 13.0. The Balaban J connectivity index is 1.33. The zero-order valence-corrected chi connectivity index (χ0v) is 20.0. The van der Waals surface area contributed by atoms with E-state index < -0.39 is 0 Å². The molecule has 33 heavy (non-hydrogen) atoms. The topological polar surface area (TPSA) is 63.1 Å².